The number of Topliss-reactive ketones (excluding diaryl/α,β-unsaturated/α-hetero) is 2. The summed E-state index contributed by atoms with van der Waals surface area (Å²) in [5, 5.41) is 0. The maximum Gasteiger partial charge on any atom is 0.207 e. The van der Waals surface area contributed by atoms with Crippen molar-refractivity contribution in [2.45, 2.75) is 37.7 Å². The molecule has 0 saturated carbocycles. The normalized spacial score (nSPS) is 23.8. The van der Waals surface area contributed by atoms with Crippen molar-refractivity contribution in [2.75, 3.05) is 7.11 Å². The molecule has 4 rings (SSSR count). The maximum atomic E-state index is 13.4. The van der Waals surface area contributed by atoms with Crippen LogP contribution in [0.1, 0.15) is 47.2 Å². The third-order valence-corrected chi connectivity index (χ3v) is 5.35. The van der Waals surface area contributed by atoms with E-state index in [-0.39, 0.29) is 17.5 Å². The first kappa shape index (κ1) is 15.9. The van der Waals surface area contributed by atoms with E-state index in [0.29, 0.717) is 18.4 Å². The first-order valence-corrected chi connectivity index (χ1v) is 8.54. The highest BCUT2D eigenvalue weighted by Gasteiger charge is 2.55. The molecule has 2 aromatic carbocycles. The van der Waals surface area contributed by atoms with E-state index in [1.54, 1.807) is 20.1 Å². The third-order valence-electron chi connectivity index (χ3n) is 5.35. The fourth-order valence-electron chi connectivity index (χ4n) is 4.16. The van der Waals surface area contributed by atoms with Crippen LogP contribution >= 0.6 is 0 Å². The number of carbonyl (C=O) groups is 2. The van der Waals surface area contributed by atoms with Crippen molar-refractivity contribution in [3.05, 3.63) is 59.2 Å². The second kappa shape index (κ2) is 5.73. The van der Waals surface area contributed by atoms with Gasteiger partial charge in [-0.25, -0.2) is 0 Å². The van der Waals surface area contributed by atoms with Gasteiger partial charge in [-0.3, -0.25) is 4.79 Å². The standard InChI is InChI=1S/C21H20O4/c1-13(22)11-18-17-5-3-4-6-19(17)25-21(18)10-9-14-12-15(24-2)7-8-16(14)20(21)23/h3-8,12,18H,9-11H2,1-2H3. The smallest absolute Gasteiger partial charge is 0.207 e. The maximum absolute atomic E-state index is 13.4. The van der Waals surface area contributed by atoms with E-state index >= 15 is 0 Å². The summed E-state index contributed by atoms with van der Waals surface area (Å²) in [6.07, 6.45) is 1.60. The number of benzene rings is 2. The highest BCUT2D eigenvalue weighted by atomic mass is 16.5. The minimum absolute atomic E-state index is 0.0288. The van der Waals surface area contributed by atoms with Crippen LogP contribution in [0.25, 0.3) is 0 Å². The molecule has 1 aliphatic carbocycles. The first-order chi connectivity index (χ1) is 12.0. The fourth-order valence-corrected chi connectivity index (χ4v) is 4.16. The van der Waals surface area contributed by atoms with E-state index < -0.39 is 5.60 Å². The number of hydrogen-bond acceptors (Lipinski definition) is 4. The molecule has 2 unspecified atom stereocenters. The number of rotatable bonds is 3. The molecule has 0 N–H and O–H groups in total. The Hall–Kier alpha value is -2.62. The molecule has 0 aromatic heterocycles. The molecule has 1 heterocycles. The molecule has 128 valence electrons. The summed E-state index contributed by atoms with van der Waals surface area (Å²) < 4.78 is 11.5. The average molecular weight is 336 g/mol. The summed E-state index contributed by atoms with van der Waals surface area (Å²) in [7, 11) is 1.62. The SMILES string of the molecule is COc1ccc2c(c1)CCC1(Oc3ccccc3C1CC(C)=O)C2=O. The van der Waals surface area contributed by atoms with Crippen molar-refractivity contribution in [3.63, 3.8) is 0 Å². The lowest BCUT2D eigenvalue weighted by atomic mass is 9.69. The molecule has 0 bridgehead atoms. The lowest BCUT2D eigenvalue weighted by Gasteiger charge is -2.37. The average Bonchev–Trinajstić information content (AvgIpc) is 2.92. The molecular formula is C21H20O4. The number of hydrogen-bond donors (Lipinski definition) is 0. The van der Waals surface area contributed by atoms with Gasteiger partial charge in [0.1, 0.15) is 17.3 Å². The lowest BCUT2D eigenvalue weighted by Crippen LogP contribution is -2.50. The molecule has 2 atom stereocenters. The van der Waals surface area contributed by atoms with Crippen LogP contribution < -0.4 is 9.47 Å². The quantitative estimate of drug-likeness (QED) is 0.857. The van der Waals surface area contributed by atoms with E-state index in [1.807, 2.05) is 36.4 Å². The molecule has 1 aliphatic heterocycles. The highest BCUT2D eigenvalue weighted by Crippen LogP contribution is 2.52. The topological polar surface area (TPSA) is 52.6 Å². The van der Waals surface area contributed by atoms with E-state index in [4.69, 9.17) is 9.47 Å². The molecule has 4 heteroatoms. The van der Waals surface area contributed by atoms with Gasteiger partial charge in [0.25, 0.3) is 0 Å². The van der Waals surface area contributed by atoms with Gasteiger partial charge in [0.15, 0.2) is 5.60 Å². The largest absolute Gasteiger partial charge is 0.497 e. The van der Waals surface area contributed by atoms with Gasteiger partial charge in [0.2, 0.25) is 5.78 Å². The van der Waals surface area contributed by atoms with Gasteiger partial charge in [-0.1, -0.05) is 18.2 Å². The van der Waals surface area contributed by atoms with Crippen LogP contribution in [0.5, 0.6) is 11.5 Å². The molecule has 0 radical (unpaired) electrons. The van der Waals surface area contributed by atoms with E-state index in [9.17, 15) is 9.59 Å². The van der Waals surface area contributed by atoms with Crippen molar-refractivity contribution in [1.29, 1.82) is 0 Å². The van der Waals surface area contributed by atoms with Crippen molar-refractivity contribution in [1.82, 2.24) is 0 Å². The second-order valence-electron chi connectivity index (χ2n) is 6.84. The van der Waals surface area contributed by atoms with Gasteiger partial charge in [-0.05, 0) is 49.6 Å². The summed E-state index contributed by atoms with van der Waals surface area (Å²) in [4.78, 5) is 25.3. The van der Waals surface area contributed by atoms with Crippen molar-refractivity contribution < 1.29 is 19.1 Å². The van der Waals surface area contributed by atoms with Crippen LogP contribution in [0.2, 0.25) is 0 Å². The molecule has 0 saturated heterocycles. The first-order valence-electron chi connectivity index (χ1n) is 8.54. The predicted molar refractivity (Wildman–Crippen MR) is 93.5 cm³/mol. The Bertz CT molecular complexity index is 870. The van der Waals surface area contributed by atoms with Gasteiger partial charge in [0.05, 0.1) is 7.11 Å². The fraction of sp³-hybridized carbons (Fsp3) is 0.333. The predicted octanol–water partition coefficient (Wildman–Crippen LogP) is 3.72. The number of para-hydroxylation sites is 1. The number of methoxy groups -OCH3 is 1. The number of ketones is 2. The van der Waals surface area contributed by atoms with Gasteiger partial charge < -0.3 is 14.3 Å². The van der Waals surface area contributed by atoms with Crippen molar-refractivity contribution >= 4 is 11.6 Å². The molecule has 2 aromatic rings. The Kier molecular flexibility index (Phi) is 3.64. The summed E-state index contributed by atoms with van der Waals surface area (Å²) in [6, 6.07) is 13.2. The Morgan fingerprint density at radius 1 is 1.28 bits per heavy atom. The van der Waals surface area contributed by atoms with Gasteiger partial charge in [-0.15, -0.1) is 0 Å². The number of carbonyl (C=O) groups excluding carboxylic acids is 2. The van der Waals surface area contributed by atoms with Crippen LogP contribution in [0.3, 0.4) is 0 Å². The number of aryl methyl sites for hydroxylation is 1. The van der Waals surface area contributed by atoms with Crippen LogP contribution in [-0.2, 0) is 11.2 Å². The zero-order valence-corrected chi connectivity index (χ0v) is 14.4. The molecular weight excluding hydrogens is 316 g/mol. The Morgan fingerprint density at radius 3 is 2.84 bits per heavy atom. The summed E-state index contributed by atoms with van der Waals surface area (Å²) in [5.41, 5.74) is 1.64. The van der Waals surface area contributed by atoms with Crippen molar-refractivity contribution in [2.24, 2.45) is 0 Å². The van der Waals surface area contributed by atoms with E-state index in [0.717, 1.165) is 29.0 Å². The Labute approximate surface area is 146 Å². The highest BCUT2D eigenvalue weighted by molar-refractivity contribution is 6.06. The van der Waals surface area contributed by atoms with Crippen LogP contribution in [-0.4, -0.2) is 24.3 Å². The van der Waals surface area contributed by atoms with Crippen LogP contribution in [0.4, 0.5) is 0 Å². The molecule has 25 heavy (non-hydrogen) atoms. The minimum Gasteiger partial charge on any atom is -0.497 e. The van der Waals surface area contributed by atoms with E-state index in [2.05, 4.69) is 0 Å². The van der Waals surface area contributed by atoms with Gasteiger partial charge >= 0.3 is 0 Å². The molecule has 0 amide bonds. The number of fused-ring (bicyclic) bond motifs is 2. The molecule has 4 nitrogen and oxygen atoms in total. The van der Waals surface area contributed by atoms with Gasteiger partial charge in [0, 0.05) is 23.5 Å². The summed E-state index contributed by atoms with van der Waals surface area (Å²) in [6.45, 7) is 1.57. The zero-order chi connectivity index (χ0) is 17.6. The monoisotopic (exact) mass is 336 g/mol. The van der Waals surface area contributed by atoms with Gasteiger partial charge in [-0.2, -0.15) is 0 Å². The lowest BCUT2D eigenvalue weighted by molar-refractivity contribution is -0.118. The molecule has 0 fully saturated rings. The molecule has 1 spiro atoms. The zero-order valence-electron chi connectivity index (χ0n) is 14.4. The van der Waals surface area contributed by atoms with Crippen molar-refractivity contribution in [3.8, 4) is 11.5 Å². The van der Waals surface area contributed by atoms with E-state index in [1.165, 1.54) is 0 Å². The number of ether oxygens (including phenoxy) is 2. The second-order valence-corrected chi connectivity index (χ2v) is 6.84. The summed E-state index contributed by atoms with van der Waals surface area (Å²) >= 11 is 0. The minimum atomic E-state index is -0.975. The summed E-state index contributed by atoms with van der Waals surface area (Å²) in [5.74, 6) is 1.28. The van der Waals surface area contributed by atoms with Crippen LogP contribution in [0, 0.1) is 0 Å². The van der Waals surface area contributed by atoms with Crippen LogP contribution in [0.15, 0.2) is 42.5 Å². The molecule has 2 aliphatic rings. The third kappa shape index (κ3) is 2.36. The Balaban J connectivity index is 1.81. The Morgan fingerprint density at radius 2 is 2.08 bits per heavy atom.